The molecule has 0 aliphatic rings. The van der Waals surface area contributed by atoms with Gasteiger partial charge in [0.25, 0.3) is 5.91 Å². The molecule has 2 heterocycles. The number of aryl methyl sites for hydroxylation is 2. The molecule has 3 rings (SSSR count). The molecule has 0 unspecified atom stereocenters. The topological polar surface area (TPSA) is 86.1 Å². The Bertz CT molecular complexity index is 947. The Labute approximate surface area is 154 Å². The third-order valence-corrected chi connectivity index (χ3v) is 4.71. The Morgan fingerprint density at radius 1 is 1.27 bits per heavy atom. The maximum absolute atomic E-state index is 12.6. The zero-order chi connectivity index (χ0) is 18.7. The lowest BCUT2D eigenvalue weighted by atomic mass is 10.1. The van der Waals surface area contributed by atoms with Gasteiger partial charge in [0, 0.05) is 12.6 Å². The van der Waals surface area contributed by atoms with Crippen molar-refractivity contribution in [2.75, 3.05) is 11.9 Å². The number of thiazole rings is 1. The van der Waals surface area contributed by atoms with Crippen LogP contribution in [0.1, 0.15) is 32.8 Å². The van der Waals surface area contributed by atoms with Crippen molar-refractivity contribution in [3.8, 4) is 11.3 Å². The van der Waals surface area contributed by atoms with E-state index in [1.54, 1.807) is 27.0 Å². The molecular weight excluding hydrogens is 352 g/mol. The van der Waals surface area contributed by atoms with E-state index in [1.165, 1.54) is 4.68 Å². The first-order valence-corrected chi connectivity index (χ1v) is 8.86. The fraction of sp³-hybridized carbons (Fsp3) is 0.222. The standard InChI is InChI=1S/C18H18N4O3S/c1-4-25-17(24)15-11(2)19-18(26-15)20-16(23)14-10-13(21-22(14)3)12-8-6-5-7-9-12/h5-10H,4H2,1-3H3,(H,19,20,23). The molecule has 0 aliphatic carbocycles. The lowest BCUT2D eigenvalue weighted by Crippen LogP contribution is -2.15. The number of esters is 1. The van der Waals surface area contributed by atoms with E-state index < -0.39 is 5.97 Å². The number of amides is 1. The number of carbonyl (C=O) groups excluding carboxylic acids is 2. The number of carbonyl (C=O) groups is 2. The zero-order valence-electron chi connectivity index (χ0n) is 14.6. The number of benzene rings is 1. The number of hydrogen-bond acceptors (Lipinski definition) is 6. The van der Waals surface area contributed by atoms with E-state index in [2.05, 4.69) is 15.4 Å². The highest BCUT2D eigenvalue weighted by Crippen LogP contribution is 2.24. The van der Waals surface area contributed by atoms with Crippen molar-refractivity contribution < 1.29 is 14.3 Å². The summed E-state index contributed by atoms with van der Waals surface area (Å²) in [6, 6.07) is 11.3. The molecule has 2 aromatic heterocycles. The van der Waals surface area contributed by atoms with Crippen LogP contribution < -0.4 is 5.32 Å². The molecule has 8 heteroatoms. The van der Waals surface area contributed by atoms with Gasteiger partial charge in [-0.3, -0.25) is 14.8 Å². The van der Waals surface area contributed by atoms with Crippen LogP contribution in [0.15, 0.2) is 36.4 Å². The van der Waals surface area contributed by atoms with Gasteiger partial charge >= 0.3 is 5.97 Å². The highest BCUT2D eigenvalue weighted by molar-refractivity contribution is 7.17. The minimum atomic E-state index is -0.435. The van der Waals surface area contributed by atoms with Gasteiger partial charge in [0.2, 0.25) is 0 Å². The molecular formula is C18H18N4O3S. The molecule has 0 saturated heterocycles. The van der Waals surface area contributed by atoms with Gasteiger partial charge in [-0.1, -0.05) is 41.7 Å². The maximum Gasteiger partial charge on any atom is 0.350 e. The highest BCUT2D eigenvalue weighted by Gasteiger charge is 2.20. The number of nitrogens with one attached hydrogen (secondary N) is 1. The van der Waals surface area contributed by atoms with E-state index in [1.807, 2.05) is 30.3 Å². The lowest BCUT2D eigenvalue weighted by molar-refractivity contribution is 0.0531. The second-order valence-electron chi connectivity index (χ2n) is 5.51. The molecule has 3 aromatic rings. The van der Waals surface area contributed by atoms with E-state index in [0.29, 0.717) is 27.1 Å². The number of hydrogen-bond donors (Lipinski definition) is 1. The smallest absolute Gasteiger partial charge is 0.350 e. The molecule has 1 amide bonds. The first kappa shape index (κ1) is 17.8. The maximum atomic E-state index is 12.6. The average molecular weight is 370 g/mol. The number of rotatable bonds is 5. The van der Waals surface area contributed by atoms with Gasteiger partial charge in [-0.25, -0.2) is 9.78 Å². The molecule has 0 atom stereocenters. The second kappa shape index (κ2) is 7.49. The molecule has 0 fully saturated rings. The summed E-state index contributed by atoms with van der Waals surface area (Å²) in [6.45, 7) is 3.73. The predicted molar refractivity (Wildman–Crippen MR) is 99.4 cm³/mol. The summed E-state index contributed by atoms with van der Waals surface area (Å²) in [5, 5.41) is 7.45. The molecule has 7 nitrogen and oxygen atoms in total. The molecule has 0 saturated carbocycles. The first-order chi connectivity index (χ1) is 12.5. The van der Waals surface area contributed by atoms with Crippen molar-refractivity contribution in [3.05, 3.63) is 52.7 Å². The summed E-state index contributed by atoms with van der Waals surface area (Å²) < 4.78 is 6.51. The highest BCUT2D eigenvalue weighted by atomic mass is 32.1. The molecule has 0 aliphatic heterocycles. The van der Waals surface area contributed by atoms with Crippen LogP contribution in [0, 0.1) is 6.92 Å². The second-order valence-corrected chi connectivity index (χ2v) is 6.51. The molecule has 1 N–H and O–H groups in total. The quantitative estimate of drug-likeness (QED) is 0.697. The van der Waals surface area contributed by atoms with Gasteiger partial charge in [-0.2, -0.15) is 5.10 Å². The number of aromatic nitrogens is 3. The summed E-state index contributed by atoms with van der Waals surface area (Å²) >= 11 is 1.09. The average Bonchev–Trinajstić information content (AvgIpc) is 3.18. The Morgan fingerprint density at radius 2 is 2.00 bits per heavy atom. The normalized spacial score (nSPS) is 10.6. The molecule has 0 spiro atoms. The fourth-order valence-electron chi connectivity index (χ4n) is 2.43. The van der Waals surface area contributed by atoms with E-state index in [-0.39, 0.29) is 12.5 Å². The minimum absolute atomic E-state index is 0.287. The van der Waals surface area contributed by atoms with Crippen molar-refractivity contribution in [1.82, 2.24) is 14.8 Å². The van der Waals surface area contributed by atoms with E-state index in [4.69, 9.17) is 4.74 Å². The van der Waals surface area contributed by atoms with Crippen molar-refractivity contribution in [3.63, 3.8) is 0 Å². The Morgan fingerprint density at radius 3 is 2.69 bits per heavy atom. The summed E-state index contributed by atoms with van der Waals surface area (Å²) in [4.78, 5) is 29.1. The zero-order valence-corrected chi connectivity index (χ0v) is 15.5. The summed E-state index contributed by atoms with van der Waals surface area (Å²) in [7, 11) is 1.71. The van der Waals surface area contributed by atoms with Crippen molar-refractivity contribution in [2.24, 2.45) is 7.05 Å². The van der Waals surface area contributed by atoms with E-state index in [9.17, 15) is 9.59 Å². The van der Waals surface area contributed by atoms with Crippen LogP contribution in [0.25, 0.3) is 11.3 Å². The Balaban J connectivity index is 1.80. The molecule has 134 valence electrons. The van der Waals surface area contributed by atoms with Crippen LogP contribution in [0.2, 0.25) is 0 Å². The fourth-order valence-corrected chi connectivity index (χ4v) is 3.28. The third kappa shape index (κ3) is 3.65. The van der Waals surface area contributed by atoms with Crippen LogP contribution in [-0.2, 0) is 11.8 Å². The van der Waals surface area contributed by atoms with Crippen LogP contribution in [-0.4, -0.2) is 33.2 Å². The first-order valence-electron chi connectivity index (χ1n) is 8.05. The lowest BCUT2D eigenvalue weighted by Gasteiger charge is -2.01. The molecule has 0 bridgehead atoms. The van der Waals surface area contributed by atoms with Gasteiger partial charge in [0.05, 0.1) is 18.0 Å². The summed E-state index contributed by atoms with van der Waals surface area (Å²) in [6.07, 6.45) is 0. The molecule has 0 radical (unpaired) electrons. The van der Waals surface area contributed by atoms with Crippen LogP contribution >= 0.6 is 11.3 Å². The monoisotopic (exact) mass is 370 g/mol. The Kier molecular flexibility index (Phi) is 5.13. The van der Waals surface area contributed by atoms with Crippen LogP contribution in [0.5, 0.6) is 0 Å². The van der Waals surface area contributed by atoms with Crippen LogP contribution in [0.3, 0.4) is 0 Å². The summed E-state index contributed by atoms with van der Waals surface area (Å²) in [5.41, 5.74) is 2.56. The van der Waals surface area contributed by atoms with Gasteiger partial charge < -0.3 is 4.74 Å². The van der Waals surface area contributed by atoms with E-state index in [0.717, 1.165) is 16.9 Å². The van der Waals surface area contributed by atoms with Crippen molar-refractivity contribution in [1.29, 1.82) is 0 Å². The van der Waals surface area contributed by atoms with Gasteiger partial charge in [0.15, 0.2) is 5.13 Å². The SMILES string of the molecule is CCOC(=O)c1sc(NC(=O)c2cc(-c3ccccc3)nn2C)nc1C. The Hall–Kier alpha value is -3.00. The van der Waals surface area contributed by atoms with E-state index >= 15 is 0 Å². The number of ether oxygens (including phenoxy) is 1. The summed E-state index contributed by atoms with van der Waals surface area (Å²) in [5.74, 6) is -0.777. The van der Waals surface area contributed by atoms with Gasteiger partial charge in [-0.15, -0.1) is 0 Å². The van der Waals surface area contributed by atoms with Crippen LogP contribution in [0.4, 0.5) is 5.13 Å². The third-order valence-electron chi connectivity index (χ3n) is 3.66. The van der Waals surface area contributed by atoms with Crippen molar-refractivity contribution in [2.45, 2.75) is 13.8 Å². The number of nitrogens with zero attached hydrogens (tertiary/aromatic N) is 3. The minimum Gasteiger partial charge on any atom is -0.462 e. The number of anilines is 1. The largest absolute Gasteiger partial charge is 0.462 e. The molecule has 26 heavy (non-hydrogen) atoms. The predicted octanol–water partition coefficient (Wildman–Crippen LogP) is 3.28. The van der Waals surface area contributed by atoms with Gasteiger partial charge in [0.1, 0.15) is 10.6 Å². The molecule has 1 aromatic carbocycles. The van der Waals surface area contributed by atoms with Crippen molar-refractivity contribution >= 4 is 28.3 Å². The van der Waals surface area contributed by atoms with Gasteiger partial charge in [-0.05, 0) is 19.9 Å².